The van der Waals surface area contributed by atoms with Gasteiger partial charge in [0.25, 0.3) is 5.91 Å². The van der Waals surface area contributed by atoms with E-state index in [2.05, 4.69) is 64.1 Å². The van der Waals surface area contributed by atoms with Gasteiger partial charge >= 0.3 is 0 Å². The molecule has 0 bridgehead atoms. The van der Waals surface area contributed by atoms with Gasteiger partial charge in [-0.2, -0.15) is 5.10 Å². The number of amides is 1. The van der Waals surface area contributed by atoms with Crippen molar-refractivity contribution in [1.29, 1.82) is 0 Å². The quantitative estimate of drug-likeness (QED) is 0.457. The van der Waals surface area contributed by atoms with Crippen LogP contribution in [0.2, 0.25) is 0 Å². The maximum Gasteiger partial charge on any atom is 0.261 e. The van der Waals surface area contributed by atoms with Crippen molar-refractivity contribution in [3.63, 3.8) is 0 Å². The van der Waals surface area contributed by atoms with E-state index in [0.717, 1.165) is 28.0 Å². The van der Waals surface area contributed by atoms with Gasteiger partial charge in [-0.3, -0.25) is 4.79 Å². The fourth-order valence-electron chi connectivity index (χ4n) is 4.47. The standard InChI is InChI=1S/C31H27N3O2/c1-22-30(25-15-9-4-10-16-25)31(34-33-22)36-21-29(35)32-18-17-26-19-27(23-11-5-2-6-12-23)20-28(26)24-13-7-3-8-14-24/h2-20,27,30H,21H2,1H3,(H,32,35)/b18-17+. The third-order valence-electron chi connectivity index (χ3n) is 6.25. The van der Waals surface area contributed by atoms with E-state index < -0.39 is 0 Å². The third-order valence-corrected chi connectivity index (χ3v) is 6.25. The van der Waals surface area contributed by atoms with E-state index in [0.29, 0.717) is 5.90 Å². The first-order valence-electron chi connectivity index (χ1n) is 12.0. The molecular weight excluding hydrogens is 446 g/mol. The lowest BCUT2D eigenvalue weighted by Crippen LogP contribution is -2.27. The Morgan fingerprint density at radius 2 is 1.50 bits per heavy atom. The van der Waals surface area contributed by atoms with Crippen LogP contribution in [0, 0.1) is 0 Å². The van der Waals surface area contributed by atoms with Crippen LogP contribution in [0.4, 0.5) is 0 Å². The first-order valence-corrected chi connectivity index (χ1v) is 12.0. The Morgan fingerprint density at radius 1 is 0.861 bits per heavy atom. The molecule has 3 aromatic carbocycles. The molecule has 5 heteroatoms. The highest BCUT2D eigenvalue weighted by atomic mass is 16.5. The van der Waals surface area contributed by atoms with Crippen molar-refractivity contribution in [2.24, 2.45) is 10.2 Å². The molecule has 0 saturated heterocycles. The van der Waals surface area contributed by atoms with E-state index >= 15 is 0 Å². The van der Waals surface area contributed by atoms with Crippen molar-refractivity contribution in [1.82, 2.24) is 5.32 Å². The molecule has 36 heavy (non-hydrogen) atoms. The van der Waals surface area contributed by atoms with Crippen molar-refractivity contribution >= 4 is 23.1 Å². The maximum atomic E-state index is 12.5. The van der Waals surface area contributed by atoms with Gasteiger partial charge in [-0.1, -0.05) is 103 Å². The number of hydrogen-bond acceptors (Lipinski definition) is 4. The lowest BCUT2D eigenvalue weighted by molar-refractivity contribution is -0.122. The summed E-state index contributed by atoms with van der Waals surface area (Å²) in [6, 6.07) is 30.6. The van der Waals surface area contributed by atoms with Crippen LogP contribution >= 0.6 is 0 Å². The second kappa shape index (κ2) is 10.8. The zero-order chi connectivity index (χ0) is 24.7. The molecule has 3 aromatic rings. The number of hydrogen-bond donors (Lipinski definition) is 1. The number of nitrogens with zero attached hydrogens (tertiary/aromatic N) is 2. The van der Waals surface area contributed by atoms with Crippen LogP contribution < -0.4 is 5.32 Å². The number of nitrogens with one attached hydrogen (secondary N) is 1. The average molecular weight is 474 g/mol. The van der Waals surface area contributed by atoms with Gasteiger partial charge < -0.3 is 10.1 Å². The molecule has 1 N–H and O–H groups in total. The van der Waals surface area contributed by atoms with Crippen LogP contribution in [-0.4, -0.2) is 24.1 Å². The van der Waals surface area contributed by atoms with E-state index in [1.807, 2.05) is 67.6 Å². The lowest BCUT2D eigenvalue weighted by Gasteiger charge is -2.14. The second-order valence-corrected chi connectivity index (χ2v) is 8.72. The molecule has 1 aliphatic heterocycles. The highest BCUT2D eigenvalue weighted by molar-refractivity contribution is 6.11. The van der Waals surface area contributed by atoms with Gasteiger partial charge in [-0.05, 0) is 40.8 Å². The monoisotopic (exact) mass is 473 g/mol. The molecule has 5 rings (SSSR count). The van der Waals surface area contributed by atoms with E-state index in [-0.39, 0.29) is 24.3 Å². The Morgan fingerprint density at radius 3 is 2.19 bits per heavy atom. The summed E-state index contributed by atoms with van der Waals surface area (Å²) in [5.41, 5.74) is 6.46. The third kappa shape index (κ3) is 5.26. The molecule has 0 saturated carbocycles. The van der Waals surface area contributed by atoms with Crippen molar-refractivity contribution in [2.75, 3.05) is 6.61 Å². The molecule has 0 radical (unpaired) electrons. The Bertz CT molecular complexity index is 1370. The molecule has 5 nitrogen and oxygen atoms in total. The number of allylic oxidation sites excluding steroid dienone is 5. The van der Waals surface area contributed by atoms with Crippen molar-refractivity contribution < 1.29 is 9.53 Å². The number of carbonyl (C=O) groups excluding carboxylic acids is 1. The number of carbonyl (C=O) groups is 1. The van der Waals surface area contributed by atoms with Crippen LogP contribution in [0.15, 0.2) is 131 Å². The molecule has 2 unspecified atom stereocenters. The number of benzene rings is 3. The first-order chi connectivity index (χ1) is 17.7. The largest absolute Gasteiger partial charge is 0.469 e. The van der Waals surface area contributed by atoms with Crippen molar-refractivity contribution in [2.45, 2.75) is 18.8 Å². The Balaban J connectivity index is 1.23. The van der Waals surface area contributed by atoms with Crippen molar-refractivity contribution in [3.8, 4) is 0 Å². The van der Waals surface area contributed by atoms with E-state index in [4.69, 9.17) is 4.74 Å². The minimum absolute atomic E-state index is 0.137. The topological polar surface area (TPSA) is 63.1 Å². The van der Waals surface area contributed by atoms with Gasteiger partial charge in [0.1, 0.15) is 5.92 Å². The van der Waals surface area contributed by atoms with Crippen LogP contribution in [0.25, 0.3) is 5.57 Å². The summed E-state index contributed by atoms with van der Waals surface area (Å²) in [5.74, 6) is 0.204. The SMILES string of the molecule is CC1=NN=C(OCC(=O)N/C=C/C2=CC(c3ccccc3)C=C2c2ccccc2)C1c1ccccc1. The average Bonchev–Trinajstić information content (AvgIpc) is 3.52. The minimum Gasteiger partial charge on any atom is -0.469 e. The highest BCUT2D eigenvalue weighted by Gasteiger charge is 2.28. The zero-order valence-corrected chi connectivity index (χ0v) is 20.0. The normalized spacial score (nSPS) is 18.9. The van der Waals surface area contributed by atoms with E-state index in [9.17, 15) is 4.79 Å². The molecule has 2 aliphatic rings. The second-order valence-electron chi connectivity index (χ2n) is 8.72. The Kier molecular flexibility index (Phi) is 6.99. The summed E-state index contributed by atoms with van der Waals surface area (Å²) < 4.78 is 5.75. The lowest BCUT2D eigenvalue weighted by atomic mass is 9.95. The first kappa shape index (κ1) is 23.2. The summed E-state index contributed by atoms with van der Waals surface area (Å²) >= 11 is 0. The molecule has 2 atom stereocenters. The molecule has 1 aliphatic carbocycles. The summed E-state index contributed by atoms with van der Waals surface area (Å²) in [4.78, 5) is 12.5. The molecule has 0 spiro atoms. The van der Waals surface area contributed by atoms with Gasteiger partial charge in [0, 0.05) is 12.1 Å². The number of rotatable bonds is 7. The summed E-state index contributed by atoms with van der Waals surface area (Å²) in [6.07, 6.45) is 8.09. The molecule has 0 aromatic heterocycles. The molecule has 178 valence electrons. The van der Waals surface area contributed by atoms with Crippen LogP contribution in [0.5, 0.6) is 0 Å². The maximum absolute atomic E-state index is 12.5. The van der Waals surface area contributed by atoms with Crippen LogP contribution in [-0.2, 0) is 9.53 Å². The highest BCUT2D eigenvalue weighted by Crippen LogP contribution is 2.37. The van der Waals surface area contributed by atoms with Gasteiger partial charge in [-0.15, -0.1) is 5.10 Å². The fourth-order valence-corrected chi connectivity index (χ4v) is 4.47. The minimum atomic E-state index is -0.256. The van der Waals surface area contributed by atoms with E-state index in [1.54, 1.807) is 6.20 Å². The predicted molar refractivity (Wildman–Crippen MR) is 145 cm³/mol. The Labute approximate surface area is 211 Å². The van der Waals surface area contributed by atoms with Crippen LogP contribution in [0.3, 0.4) is 0 Å². The summed E-state index contributed by atoms with van der Waals surface area (Å²) in [6.45, 7) is 1.78. The van der Waals surface area contributed by atoms with Gasteiger partial charge in [0.2, 0.25) is 5.90 Å². The predicted octanol–water partition coefficient (Wildman–Crippen LogP) is 6.01. The molecular formula is C31H27N3O2. The zero-order valence-electron chi connectivity index (χ0n) is 20.0. The Hall–Kier alpha value is -4.51. The van der Waals surface area contributed by atoms with Crippen molar-refractivity contribution in [3.05, 3.63) is 138 Å². The van der Waals surface area contributed by atoms with Gasteiger partial charge in [-0.25, -0.2) is 0 Å². The molecule has 1 amide bonds. The smallest absolute Gasteiger partial charge is 0.261 e. The van der Waals surface area contributed by atoms with E-state index in [1.165, 1.54) is 5.56 Å². The molecule has 0 fully saturated rings. The fraction of sp³-hybridized carbons (Fsp3) is 0.129. The van der Waals surface area contributed by atoms with Gasteiger partial charge in [0.15, 0.2) is 6.61 Å². The summed E-state index contributed by atoms with van der Waals surface area (Å²) in [7, 11) is 0. The van der Waals surface area contributed by atoms with Crippen LogP contribution in [0.1, 0.15) is 35.4 Å². The molecule has 1 heterocycles. The van der Waals surface area contributed by atoms with Gasteiger partial charge in [0.05, 0.1) is 5.71 Å². The summed E-state index contributed by atoms with van der Waals surface area (Å²) in [5, 5.41) is 11.1. The number of ether oxygens (including phenoxy) is 1.